The van der Waals surface area contributed by atoms with Crippen LogP contribution in [0.1, 0.15) is 71.6 Å². The summed E-state index contributed by atoms with van der Waals surface area (Å²) in [5.41, 5.74) is 1.34. The van der Waals surface area contributed by atoms with Gasteiger partial charge in [0.1, 0.15) is 17.8 Å². The minimum Gasteiger partial charge on any atom is -0.356 e. The molecule has 0 bridgehead atoms. The Bertz CT molecular complexity index is 1390. The highest BCUT2D eigenvalue weighted by Gasteiger charge is 2.34. The monoisotopic (exact) mass is 622 g/mol. The van der Waals surface area contributed by atoms with Gasteiger partial charge in [-0.1, -0.05) is 12.1 Å². The number of nitrogens with zero attached hydrogens (tertiary/aromatic N) is 6. The summed E-state index contributed by atoms with van der Waals surface area (Å²) in [5, 5.41) is 0. The first-order valence-electron chi connectivity index (χ1n) is 15.0. The molecule has 0 spiro atoms. The number of aromatic nitrogens is 2. The highest BCUT2D eigenvalue weighted by atomic mass is 32.2. The van der Waals surface area contributed by atoms with Crippen LogP contribution >= 0.6 is 0 Å². The molecule has 1 aromatic heterocycles. The van der Waals surface area contributed by atoms with Crippen LogP contribution in [0.4, 0.5) is 19.0 Å². The number of carbonyl (C=O) groups is 1. The lowest BCUT2D eigenvalue weighted by Crippen LogP contribution is -2.52. The van der Waals surface area contributed by atoms with Crippen molar-refractivity contribution in [2.75, 3.05) is 57.5 Å². The second-order valence-electron chi connectivity index (χ2n) is 12.1. The average molecular weight is 623 g/mol. The zero-order chi connectivity index (χ0) is 30.9. The molecular weight excluding hydrogens is 581 g/mol. The van der Waals surface area contributed by atoms with Crippen LogP contribution in [0.25, 0.3) is 0 Å². The van der Waals surface area contributed by atoms with Gasteiger partial charge in [-0.25, -0.2) is 22.7 Å². The van der Waals surface area contributed by atoms with Crippen LogP contribution in [0.15, 0.2) is 30.6 Å². The fourth-order valence-corrected chi connectivity index (χ4v) is 7.58. The van der Waals surface area contributed by atoms with E-state index in [0.717, 1.165) is 81.4 Å². The number of piperidine rings is 3. The van der Waals surface area contributed by atoms with Gasteiger partial charge in [0.05, 0.1) is 11.8 Å². The van der Waals surface area contributed by atoms with E-state index in [4.69, 9.17) is 0 Å². The molecule has 1 aromatic carbocycles. The van der Waals surface area contributed by atoms with Crippen molar-refractivity contribution >= 4 is 21.7 Å². The molecule has 1 unspecified atom stereocenters. The summed E-state index contributed by atoms with van der Waals surface area (Å²) in [5.74, 6) is 0.664. The third-order valence-corrected chi connectivity index (χ3v) is 10.8. The Morgan fingerprint density at radius 2 is 1.60 bits per heavy atom. The van der Waals surface area contributed by atoms with Crippen molar-refractivity contribution in [1.29, 1.82) is 0 Å². The number of hydrogen-bond donors (Lipinski definition) is 0. The first-order valence-corrected chi connectivity index (χ1v) is 16.9. The van der Waals surface area contributed by atoms with Gasteiger partial charge >= 0.3 is 6.18 Å². The third-order valence-electron chi connectivity index (χ3n) is 9.49. The van der Waals surface area contributed by atoms with E-state index >= 15 is 0 Å². The predicted octanol–water partition coefficient (Wildman–Crippen LogP) is 4.15. The van der Waals surface area contributed by atoms with E-state index in [1.54, 1.807) is 19.2 Å². The van der Waals surface area contributed by atoms with Gasteiger partial charge in [-0.05, 0) is 76.2 Å². The molecule has 3 aliphatic heterocycles. The number of amides is 1. The van der Waals surface area contributed by atoms with Crippen molar-refractivity contribution < 1.29 is 26.4 Å². The molecule has 0 N–H and O–H groups in total. The SMILES string of the molecule is Cc1c(C(=O)N2CCC(N3CCC(N(C)S(C)(=O)=O)CC3)CC2)ncnc1N1CCCC(c2ccc(C(F)(F)F)cc2)C1. The molecule has 1 atom stereocenters. The Morgan fingerprint density at radius 3 is 2.21 bits per heavy atom. The van der Waals surface area contributed by atoms with Gasteiger partial charge in [0.25, 0.3) is 5.91 Å². The Balaban J connectivity index is 1.18. The molecule has 0 saturated carbocycles. The summed E-state index contributed by atoms with van der Waals surface area (Å²) >= 11 is 0. The number of sulfonamides is 1. The lowest BCUT2D eigenvalue weighted by atomic mass is 9.90. The molecule has 13 heteroatoms. The van der Waals surface area contributed by atoms with Crippen LogP contribution in [0.2, 0.25) is 0 Å². The Kier molecular flexibility index (Phi) is 9.34. The molecule has 1 amide bonds. The minimum absolute atomic E-state index is 0.0352. The zero-order valence-electron chi connectivity index (χ0n) is 25.1. The normalized spacial score (nSPS) is 21.9. The Hall–Kier alpha value is -2.77. The number of alkyl halides is 3. The maximum Gasteiger partial charge on any atom is 0.416 e. The molecule has 9 nitrogen and oxygen atoms in total. The topological polar surface area (TPSA) is 90.0 Å². The number of halogens is 3. The van der Waals surface area contributed by atoms with Gasteiger partial charge in [-0.15, -0.1) is 0 Å². The van der Waals surface area contributed by atoms with E-state index < -0.39 is 21.8 Å². The third kappa shape index (κ3) is 7.15. The Morgan fingerprint density at radius 1 is 0.953 bits per heavy atom. The van der Waals surface area contributed by atoms with Crippen molar-refractivity contribution in [2.45, 2.75) is 69.6 Å². The van der Waals surface area contributed by atoms with E-state index in [1.807, 2.05) is 11.8 Å². The summed E-state index contributed by atoms with van der Waals surface area (Å²) in [4.78, 5) is 28.9. The Labute approximate surface area is 252 Å². The van der Waals surface area contributed by atoms with Gasteiger partial charge in [0, 0.05) is 56.8 Å². The largest absolute Gasteiger partial charge is 0.416 e. The summed E-state index contributed by atoms with van der Waals surface area (Å²) < 4.78 is 64.4. The van der Waals surface area contributed by atoms with Crippen LogP contribution in [-0.4, -0.2) is 103 Å². The standard InChI is InChI=1S/C30H41F3N6O3S/c1-21-27(29(40)38-17-12-26(13-18-38)37-15-10-25(11-16-37)36(2)43(3,41)42)34-20-35-28(21)39-14-4-5-23(19-39)22-6-8-24(9-7-22)30(31,32)33/h6-9,20,23,25-26H,4-5,10-19H2,1-3H3. The van der Waals surface area contributed by atoms with E-state index in [-0.39, 0.29) is 17.9 Å². The van der Waals surface area contributed by atoms with Crippen LogP contribution < -0.4 is 4.90 Å². The van der Waals surface area contributed by atoms with Gasteiger partial charge in [0.2, 0.25) is 10.0 Å². The van der Waals surface area contributed by atoms with E-state index in [1.165, 1.54) is 16.9 Å². The first kappa shape index (κ1) is 31.6. The summed E-state index contributed by atoms with van der Waals surface area (Å²) in [6.07, 6.45) is 3.40. The van der Waals surface area contributed by atoms with Crippen molar-refractivity contribution in [3.05, 3.63) is 53.0 Å². The maximum atomic E-state index is 13.6. The molecule has 5 rings (SSSR count). The smallest absolute Gasteiger partial charge is 0.356 e. The fraction of sp³-hybridized carbons (Fsp3) is 0.633. The zero-order valence-corrected chi connectivity index (χ0v) is 25.9. The molecule has 3 saturated heterocycles. The minimum atomic E-state index is -4.36. The van der Waals surface area contributed by atoms with Gasteiger partial charge in [-0.3, -0.25) is 4.79 Å². The molecule has 236 valence electrons. The van der Waals surface area contributed by atoms with Gasteiger partial charge in [0.15, 0.2) is 0 Å². The molecule has 0 radical (unpaired) electrons. The fourth-order valence-electron chi connectivity index (χ4n) is 6.83. The van der Waals surface area contributed by atoms with Crippen molar-refractivity contribution in [3.63, 3.8) is 0 Å². The van der Waals surface area contributed by atoms with Crippen molar-refractivity contribution in [2.24, 2.45) is 0 Å². The maximum absolute atomic E-state index is 13.6. The second kappa shape index (κ2) is 12.7. The molecule has 3 aliphatic rings. The van der Waals surface area contributed by atoms with Crippen LogP contribution in [0, 0.1) is 6.92 Å². The van der Waals surface area contributed by atoms with Gasteiger partial charge < -0.3 is 14.7 Å². The van der Waals surface area contributed by atoms with Crippen molar-refractivity contribution in [1.82, 2.24) is 24.1 Å². The number of carbonyl (C=O) groups excluding carboxylic acids is 1. The number of anilines is 1. The number of benzene rings is 1. The highest BCUT2D eigenvalue weighted by molar-refractivity contribution is 7.88. The molecule has 43 heavy (non-hydrogen) atoms. The first-order chi connectivity index (χ1) is 20.3. The van der Waals surface area contributed by atoms with E-state index in [0.29, 0.717) is 37.2 Å². The summed E-state index contributed by atoms with van der Waals surface area (Å²) in [6, 6.07) is 5.82. The predicted molar refractivity (Wildman–Crippen MR) is 159 cm³/mol. The highest BCUT2D eigenvalue weighted by Crippen LogP contribution is 2.34. The number of rotatable bonds is 6. The lowest BCUT2D eigenvalue weighted by Gasteiger charge is -2.43. The average Bonchev–Trinajstić information content (AvgIpc) is 3.00. The van der Waals surface area contributed by atoms with Crippen LogP contribution in [0.5, 0.6) is 0 Å². The number of hydrogen-bond acceptors (Lipinski definition) is 7. The van der Waals surface area contributed by atoms with Crippen LogP contribution in [0.3, 0.4) is 0 Å². The van der Waals surface area contributed by atoms with Crippen molar-refractivity contribution in [3.8, 4) is 0 Å². The van der Waals surface area contributed by atoms with Crippen LogP contribution in [-0.2, 0) is 16.2 Å². The summed E-state index contributed by atoms with van der Waals surface area (Å²) in [7, 11) is -1.54. The summed E-state index contributed by atoms with van der Waals surface area (Å²) in [6.45, 7) is 6.19. The van der Waals surface area contributed by atoms with E-state index in [2.05, 4.69) is 19.8 Å². The molecule has 4 heterocycles. The molecular formula is C30H41F3N6O3S. The quantitative estimate of drug-likeness (QED) is 0.478. The van der Waals surface area contributed by atoms with Gasteiger partial charge in [-0.2, -0.15) is 13.2 Å². The molecule has 0 aliphatic carbocycles. The van der Waals surface area contributed by atoms with E-state index in [9.17, 15) is 26.4 Å². The number of likely N-dealkylation sites (tertiary alicyclic amines) is 2. The lowest BCUT2D eigenvalue weighted by molar-refractivity contribution is -0.137. The second-order valence-corrected chi connectivity index (χ2v) is 14.2. The molecule has 3 fully saturated rings. The molecule has 2 aromatic rings.